The first kappa shape index (κ1) is 22.1. The number of nitrogens with zero attached hydrogens (tertiary/aromatic N) is 3. The first-order valence-corrected chi connectivity index (χ1v) is 10.8. The van der Waals surface area contributed by atoms with Crippen LogP contribution in [0, 0.1) is 6.92 Å². The lowest BCUT2D eigenvalue weighted by atomic mass is 9.96. The third-order valence-corrected chi connectivity index (χ3v) is 6.16. The molecule has 166 valence electrons. The maximum absolute atomic E-state index is 13.2. The lowest BCUT2D eigenvalue weighted by Crippen LogP contribution is -2.29. The summed E-state index contributed by atoms with van der Waals surface area (Å²) in [6.07, 6.45) is 4.41. The molecule has 0 saturated carbocycles. The van der Waals surface area contributed by atoms with E-state index in [1.54, 1.807) is 49.4 Å². The highest BCUT2D eigenvalue weighted by Gasteiger charge is 2.48. The van der Waals surface area contributed by atoms with E-state index in [0.717, 1.165) is 11.3 Å². The molecule has 33 heavy (non-hydrogen) atoms. The molecular weight excluding hydrogens is 442 g/mol. The Labute approximate surface area is 193 Å². The molecule has 1 fully saturated rings. The SMILES string of the molecule is C=CCOC(=O)c1sc(N2C(=O)C(=O)C(=C(O)c3ccncc3)C2c2ccccc2)nc1C. The summed E-state index contributed by atoms with van der Waals surface area (Å²) in [4.78, 5) is 48.4. The highest BCUT2D eigenvalue weighted by molar-refractivity contribution is 7.17. The van der Waals surface area contributed by atoms with Gasteiger partial charge in [-0.15, -0.1) is 0 Å². The lowest BCUT2D eigenvalue weighted by Gasteiger charge is -2.22. The van der Waals surface area contributed by atoms with Crippen molar-refractivity contribution in [3.63, 3.8) is 0 Å². The molecule has 0 radical (unpaired) electrons. The van der Waals surface area contributed by atoms with Gasteiger partial charge in [-0.25, -0.2) is 9.78 Å². The van der Waals surface area contributed by atoms with Crippen LogP contribution in [0.2, 0.25) is 0 Å². The summed E-state index contributed by atoms with van der Waals surface area (Å²) in [5.74, 6) is -2.60. The number of ketones is 1. The number of aryl methyl sites for hydroxylation is 1. The molecule has 1 aliphatic rings. The zero-order valence-electron chi connectivity index (χ0n) is 17.6. The van der Waals surface area contributed by atoms with Crippen molar-refractivity contribution >= 4 is 39.9 Å². The van der Waals surface area contributed by atoms with Crippen LogP contribution < -0.4 is 4.90 Å². The van der Waals surface area contributed by atoms with Crippen LogP contribution in [-0.4, -0.2) is 39.3 Å². The minimum absolute atomic E-state index is 0.0337. The number of aliphatic hydroxyl groups is 1. The number of hydrogen-bond acceptors (Lipinski definition) is 8. The third-order valence-electron chi connectivity index (χ3n) is 5.02. The van der Waals surface area contributed by atoms with Gasteiger partial charge >= 0.3 is 11.9 Å². The first-order valence-electron chi connectivity index (χ1n) is 9.95. The number of anilines is 1. The van der Waals surface area contributed by atoms with Crippen molar-refractivity contribution in [2.45, 2.75) is 13.0 Å². The van der Waals surface area contributed by atoms with Gasteiger partial charge in [0.1, 0.15) is 17.2 Å². The molecule has 9 heteroatoms. The van der Waals surface area contributed by atoms with Crippen molar-refractivity contribution in [2.24, 2.45) is 0 Å². The van der Waals surface area contributed by atoms with E-state index in [1.165, 1.54) is 23.4 Å². The van der Waals surface area contributed by atoms with Gasteiger partial charge in [0.25, 0.3) is 5.78 Å². The molecule has 3 heterocycles. The molecule has 1 unspecified atom stereocenters. The highest BCUT2D eigenvalue weighted by Crippen LogP contribution is 2.43. The van der Waals surface area contributed by atoms with Crippen molar-refractivity contribution in [1.29, 1.82) is 0 Å². The van der Waals surface area contributed by atoms with Gasteiger partial charge in [-0.2, -0.15) is 0 Å². The molecule has 1 saturated heterocycles. The van der Waals surface area contributed by atoms with Crippen molar-refractivity contribution < 1.29 is 24.2 Å². The average molecular weight is 461 g/mol. The number of thiazole rings is 1. The van der Waals surface area contributed by atoms with E-state index in [9.17, 15) is 19.5 Å². The summed E-state index contributed by atoms with van der Waals surface area (Å²) in [5, 5.41) is 11.2. The summed E-state index contributed by atoms with van der Waals surface area (Å²) in [6.45, 7) is 5.17. The van der Waals surface area contributed by atoms with E-state index in [1.807, 2.05) is 0 Å². The number of ether oxygens (including phenoxy) is 1. The van der Waals surface area contributed by atoms with E-state index in [2.05, 4.69) is 16.5 Å². The van der Waals surface area contributed by atoms with Gasteiger partial charge in [-0.05, 0) is 24.6 Å². The molecule has 1 aliphatic heterocycles. The third kappa shape index (κ3) is 4.06. The van der Waals surface area contributed by atoms with Crippen molar-refractivity contribution in [1.82, 2.24) is 9.97 Å². The summed E-state index contributed by atoms with van der Waals surface area (Å²) in [6, 6.07) is 11.0. The molecular formula is C24H19N3O5S. The molecule has 3 aromatic rings. The van der Waals surface area contributed by atoms with Crippen LogP contribution in [0.4, 0.5) is 5.13 Å². The molecule has 1 atom stereocenters. The van der Waals surface area contributed by atoms with Crippen LogP contribution in [0.3, 0.4) is 0 Å². The summed E-state index contributed by atoms with van der Waals surface area (Å²) < 4.78 is 5.10. The Hall–Kier alpha value is -4.11. The van der Waals surface area contributed by atoms with Gasteiger partial charge in [0, 0.05) is 18.0 Å². The zero-order chi connectivity index (χ0) is 23.5. The van der Waals surface area contributed by atoms with Crippen LogP contribution in [0.5, 0.6) is 0 Å². The lowest BCUT2D eigenvalue weighted by molar-refractivity contribution is -0.132. The van der Waals surface area contributed by atoms with Gasteiger partial charge in [0.15, 0.2) is 5.13 Å². The number of carbonyl (C=O) groups excluding carboxylic acids is 3. The van der Waals surface area contributed by atoms with E-state index in [4.69, 9.17) is 4.74 Å². The largest absolute Gasteiger partial charge is 0.507 e. The Morgan fingerprint density at radius 3 is 2.58 bits per heavy atom. The number of amides is 1. The average Bonchev–Trinajstić information content (AvgIpc) is 3.35. The smallest absolute Gasteiger partial charge is 0.350 e. The molecule has 1 amide bonds. The molecule has 0 bridgehead atoms. The zero-order valence-corrected chi connectivity index (χ0v) is 18.4. The van der Waals surface area contributed by atoms with Crippen LogP contribution in [-0.2, 0) is 14.3 Å². The van der Waals surface area contributed by atoms with Gasteiger partial charge in [0.2, 0.25) is 0 Å². The summed E-state index contributed by atoms with van der Waals surface area (Å²) >= 11 is 0.948. The van der Waals surface area contributed by atoms with Crippen LogP contribution in [0.25, 0.3) is 5.76 Å². The Balaban J connectivity index is 1.86. The van der Waals surface area contributed by atoms with E-state index in [0.29, 0.717) is 16.8 Å². The van der Waals surface area contributed by atoms with Crippen molar-refractivity contribution in [2.75, 3.05) is 11.5 Å². The second kappa shape index (κ2) is 9.17. The molecule has 8 nitrogen and oxygen atoms in total. The number of benzene rings is 1. The molecule has 0 spiro atoms. The second-order valence-electron chi connectivity index (χ2n) is 7.11. The fourth-order valence-electron chi connectivity index (χ4n) is 3.52. The number of aliphatic hydroxyl groups excluding tert-OH is 1. The predicted octanol–water partition coefficient (Wildman–Crippen LogP) is 3.82. The number of rotatable bonds is 6. The second-order valence-corrected chi connectivity index (χ2v) is 8.09. The Bertz CT molecular complexity index is 1270. The quantitative estimate of drug-likeness (QED) is 0.195. The molecule has 4 rings (SSSR count). The minimum Gasteiger partial charge on any atom is -0.507 e. The number of aromatic nitrogens is 2. The van der Waals surface area contributed by atoms with Crippen molar-refractivity contribution in [3.05, 3.63) is 94.8 Å². The van der Waals surface area contributed by atoms with Crippen LogP contribution in [0.15, 0.2) is 73.1 Å². The Kier molecular flexibility index (Phi) is 6.14. The van der Waals surface area contributed by atoms with Gasteiger partial charge in [0.05, 0.1) is 17.3 Å². The molecule has 2 aromatic heterocycles. The number of pyridine rings is 1. The van der Waals surface area contributed by atoms with E-state index < -0.39 is 23.7 Å². The predicted molar refractivity (Wildman–Crippen MR) is 123 cm³/mol. The van der Waals surface area contributed by atoms with Gasteiger partial charge in [-0.1, -0.05) is 54.3 Å². The maximum Gasteiger partial charge on any atom is 0.350 e. The van der Waals surface area contributed by atoms with Gasteiger partial charge < -0.3 is 9.84 Å². The number of carbonyl (C=O) groups is 3. The van der Waals surface area contributed by atoms with Crippen LogP contribution in [0.1, 0.15) is 32.5 Å². The Morgan fingerprint density at radius 2 is 1.91 bits per heavy atom. The standard InChI is InChI=1S/C24H19N3O5S/c1-3-13-32-23(31)21-14(2)26-24(33-21)27-18(15-7-5-4-6-8-15)17(20(29)22(27)30)19(28)16-9-11-25-12-10-16/h3-12,18,28H,1,13H2,2H3. The highest BCUT2D eigenvalue weighted by atomic mass is 32.1. The topological polar surface area (TPSA) is 110 Å². The minimum atomic E-state index is -0.929. The number of hydrogen-bond donors (Lipinski definition) is 1. The summed E-state index contributed by atoms with van der Waals surface area (Å²) in [7, 11) is 0. The normalized spacial score (nSPS) is 17.2. The number of Topliss-reactive ketones (excluding diaryl/α,β-unsaturated/α-hetero) is 1. The Morgan fingerprint density at radius 1 is 1.21 bits per heavy atom. The van der Waals surface area contributed by atoms with Crippen LogP contribution >= 0.6 is 11.3 Å². The molecule has 1 N–H and O–H groups in total. The number of esters is 1. The maximum atomic E-state index is 13.2. The van der Waals surface area contributed by atoms with E-state index >= 15 is 0 Å². The molecule has 0 aliphatic carbocycles. The first-order chi connectivity index (χ1) is 15.9. The fraction of sp³-hybridized carbons (Fsp3) is 0.125. The molecule has 1 aromatic carbocycles. The fourth-order valence-corrected chi connectivity index (χ4v) is 4.51. The summed E-state index contributed by atoms with van der Waals surface area (Å²) in [5.41, 5.74) is 1.26. The monoisotopic (exact) mass is 461 g/mol. The van der Waals surface area contributed by atoms with Crippen molar-refractivity contribution in [3.8, 4) is 0 Å². The van der Waals surface area contributed by atoms with E-state index in [-0.39, 0.29) is 27.9 Å². The van der Waals surface area contributed by atoms with Gasteiger partial charge in [-0.3, -0.25) is 19.5 Å².